The number of sulfone groups is 1. The summed E-state index contributed by atoms with van der Waals surface area (Å²) in [5.74, 6) is 0.746. The summed E-state index contributed by atoms with van der Waals surface area (Å²) in [5, 5.41) is 6.88. The standard InChI is InChI=1S/C18H22N2O3S2/c1-4-17(13-8-10-16(11-9-13)25(3,21)22)20-18(24)19-14-6-5-7-15(12-14)23-2/h5-12,17H,4H2,1-3H3,(H2,19,20,24)/t17-/m1/s1. The molecule has 0 bridgehead atoms. The second-order valence-electron chi connectivity index (χ2n) is 5.63. The Kier molecular flexibility index (Phi) is 6.39. The Hall–Kier alpha value is -2.12. The molecule has 25 heavy (non-hydrogen) atoms. The van der Waals surface area contributed by atoms with Crippen LogP contribution in [0.1, 0.15) is 24.9 Å². The van der Waals surface area contributed by atoms with Gasteiger partial charge < -0.3 is 15.4 Å². The monoisotopic (exact) mass is 378 g/mol. The summed E-state index contributed by atoms with van der Waals surface area (Å²) in [6, 6.07) is 14.3. The van der Waals surface area contributed by atoms with Crippen LogP contribution in [-0.2, 0) is 9.84 Å². The molecule has 0 saturated heterocycles. The van der Waals surface area contributed by atoms with Crippen molar-refractivity contribution in [2.24, 2.45) is 0 Å². The summed E-state index contributed by atoms with van der Waals surface area (Å²) in [5.41, 5.74) is 1.81. The summed E-state index contributed by atoms with van der Waals surface area (Å²) in [6.45, 7) is 2.04. The SMILES string of the molecule is CC[C@@H](NC(=S)Nc1cccc(OC)c1)c1ccc(S(C)(=O)=O)cc1. The maximum atomic E-state index is 11.6. The van der Waals surface area contributed by atoms with Gasteiger partial charge in [0.25, 0.3) is 0 Å². The molecule has 134 valence electrons. The quantitative estimate of drug-likeness (QED) is 0.750. The molecule has 0 aliphatic rings. The maximum Gasteiger partial charge on any atom is 0.175 e. The molecule has 0 unspecified atom stereocenters. The van der Waals surface area contributed by atoms with Crippen LogP contribution >= 0.6 is 12.2 Å². The zero-order chi connectivity index (χ0) is 18.4. The summed E-state index contributed by atoms with van der Waals surface area (Å²) >= 11 is 5.38. The summed E-state index contributed by atoms with van der Waals surface area (Å²) in [4.78, 5) is 0.309. The lowest BCUT2D eigenvalue weighted by Crippen LogP contribution is -2.32. The molecule has 0 amide bonds. The first-order valence-corrected chi connectivity index (χ1v) is 10.1. The number of hydrogen-bond acceptors (Lipinski definition) is 4. The van der Waals surface area contributed by atoms with Crippen molar-refractivity contribution in [1.29, 1.82) is 0 Å². The highest BCUT2D eigenvalue weighted by Gasteiger charge is 2.13. The lowest BCUT2D eigenvalue weighted by Gasteiger charge is -2.20. The predicted octanol–water partition coefficient (Wildman–Crippen LogP) is 3.54. The van der Waals surface area contributed by atoms with E-state index in [4.69, 9.17) is 17.0 Å². The van der Waals surface area contributed by atoms with E-state index >= 15 is 0 Å². The molecular weight excluding hydrogens is 356 g/mol. The van der Waals surface area contributed by atoms with Crippen LogP contribution in [0.25, 0.3) is 0 Å². The molecule has 2 rings (SSSR count). The molecule has 0 fully saturated rings. The minimum atomic E-state index is -3.19. The van der Waals surface area contributed by atoms with Gasteiger partial charge in [-0.2, -0.15) is 0 Å². The third-order valence-corrected chi connectivity index (χ3v) is 5.10. The molecule has 2 aromatic carbocycles. The van der Waals surface area contributed by atoms with Gasteiger partial charge >= 0.3 is 0 Å². The highest BCUT2D eigenvalue weighted by molar-refractivity contribution is 7.90. The lowest BCUT2D eigenvalue weighted by molar-refractivity contribution is 0.415. The Labute approximate surface area is 154 Å². The molecular formula is C18H22N2O3S2. The lowest BCUT2D eigenvalue weighted by atomic mass is 10.1. The first-order chi connectivity index (χ1) is 11.8. The van der Waals surface area contributed by atoms with Gasteiger partial charge in [0.05, 0.1) is 18.0 Å². The van der Waals surface area contributed by atoms with Crippen molar-refractivity contribution in [3.05, 3.63) is 54.1 Å². The Morgan fingerprint density at radius 1 is 1.20 bits per heavy atom. The Balaban J connectivity index is 2.06. The van der Waals surface area contributed by atoms with E-state index in [2.05, 4.69) is 10.6 Å². The van der Waals surface area contributed by atoms with E-state index in [9.17, 15) is 8.42 Å². The Morgan fingerprint density at radius 3 is 2.44 bits per heavy atom. The van der Waals surface area contributed by atoms with Gasteiger partial charge in [0.2, 0.25) is 0 Å². The summed E-state index contributed by atoms with van der Waals surface area (Å²) in [7, 11) is -1.58. The second-order valence-corrected chi connectivity index (χ2v) is 8.06. The van der Waals surface area contributed by atoms with Crippen molar-refractivity contribution in [3.8, 4) is 5.75 Å². The number of anilines is 1. The zero-order valence-corrected chi connectivity index (χ0v) is 16.1. The fraction of sp³-hybridized carbons (Fsp3) is 0.278. The van der Waals surface area contributed by atoms with Crippen molar-refractivity contribution in [3.63, 3.8) is 0 Å². The van der Waals surface area contributed by atoms with E-state index in [1.807, 2.05) is 43.3 Å². The van der Waals surface area contributed by atoms with E-state index < -0.39 is 9.84 Å². The molecule has 0 aliphatic carbocycles. The first-order valence-electron chi connectivity index (χ1n) is 7.85. The molecule has 0 aromatic heterocycles. The Morgan fingerprint density at radius 2 is 1.88 bits per heavy atom. The van der Waals surface area contributed by atoms with Crippen LogP contribution in [0.5, 0.6) is 5.75 Å². The Bertz CT molecular complexity index is 834. The van der Waals surface area contributed by atoms with Gasteiger partial charge in [0.1, 0.15) is 5.75 Å². The van der Waals surface area contributed by atoms with E-state index in [1.165, 1.54) is 6.26 Å². The van der Waals surface area contributed by atoms with Gasteiger partial charge in [-0.1, -0.05) is 25.1 Å². The van der Waals surface area contributed by atoms with Crippen LogP contribution in [0.3, 0.4) is 0 Å². The number of benzene rings is 2. The molecule has 0 radical (unpaired) electrons. The molecule has 0 saturated carbocycles. The average Bonchev–Trinajstić information content (AvgIpc) is 2.59. The van der Waals surface area contributed by atoms with Crippen LogP contribution in [0.4, 0.5) is 5.69 Å². The zero-order valence-electron chi connectivity index (χ0n) is 14.4. The molecule has 1 atom stereocenters. The summed E-state index contributed by atoms with van der Waals surface area (Å²) in [6.07, 6.45) is 2.00. The van der Waals surface area contributed by atoms with Crippen LogP contribution in [-0.4, -0.2) is 26.9 Å². The molecule has 2 aromatic rings. The number of ether oxygens (including phenoxy) is 1. The fourth-order valence-electron chi connectivity index (χ4n) is 2.39. The first kappa shape index (κ1) is 19.2. The molecule has 2 N–H and O–H groups in total. The number of hydrogen-bond donors (Lipinski definition) is 2. The minimum Gasteiger partial charge on any atom is -0.497 e. The van der Waals surface area contributed by atoms with Crippen LogP contribution in [0.15, 0.2) is 53.4 Å². The van der Waals surface area contributed by atoms with Gasteiger partial charge in [0, 0.05) is 18.0 Å². The maximum absolute atomic E-state index is 11.6. The van der Waals surface area contributed by atoms with E-state index in [0.717, 1.165) is 23.4 Å². The van der Waals surface area contributed by atoms with Crippen LogP contribution in [0.2, 0.25) is 0 Å². The van der Waals surface area contributed by atoms with Gasteiger partial charge in [-0.25, -0.2) is 8.42 Å². The van der Waals surface area contributed by atoms with Gasteiger partial charge in [0.15, 0.2) is 14.9 Å². The van der Waals surface area contributed by atoms with E-state index in [-0.39, 0.29) is 6.04 Å². The van der Waals surface area contributed by atoms with E-state index in [0.29, 0.717) is 10.0 Å². The van der Waals surface area contributed by atoms with Crippen LogP contribution in [0, 0.1) is 0 Å². The highest BCUT2D eigenvalue weighted by Crippen LogP contribution is 2.20. The van der Waals surface area contributed by atoms with Crippen molar-refractivity contribution in [2.45, 2.75) is 24.3 Å². The fourth-order valence-corrected chi connectivity index (χ4v) is 3.29. The second kappa shape index (κ2) is 8.31. The van der Waals surface area contributed by atoms with Crippen LogP contribution < -0.4 is 15.4 Å². The summed E-state index contributed by atoms with van der Waals surface area (Å²) < 4.78 is 28.3. The van der Waals surface area contributed by atoms with Gasteiger partial charge in [-0.05, 0) is 48.5 Å². The molecule has 0 heterocycles. The molecule has 7 heteroatoms. The third-order valence-electron chi connectivity index (χ3n) is 3.75. The number of thiocarbonyl (C=S) groups is 1. The highest BCUT2D eigenvalue weighted by atomic mass is 32.2. The number of rotatable bonds is 6. The average molecular weight is 379 g/mol. The molecule has 0 aliphatic heterocycles. The van der Waals surface area contributed by atoms with Gasteiger partial charge in [-0.15, -0.1) is 0 Å². The smallest absolute Gasteiger partial charge is 0.175 e. The van der Waals surface area contributed by atoms with Gasteiger partial charge in [-0.3, -0.25) is 0 Å². The predicted molar refractivity (Wildman–Crippen MR) is 105 cm³/mol. The number of methoxy groups -OCH3 is 1. The third kappa shape index (κ3) is 5.44. The molecule has 5 nitrogen and oxygen atoms in total. The van der Waals surface area contributed by atoms with Crippen molar-refractivity contribution in [1.82, 2.24) is 5.32 Å². The number of nitrogens with one attached hydrogen (secondary N) is 2. The topological polar surface area (TPSA) is 67.4 Å². The van der Waals surface area contributed by atoms with Crippen molar-refractivity contribution >= 4 is 32.9 Å². The normalized spacial score (nSPS) is 12.3. The minimum absolute atomic E-state index is 0.0146. The van der Waals surface area contributed by atoms with Crippen molar-refractivity contribution < 1.29 is 13.2 Å². The van der Waals surface area contributed by atoms with E-state index in [1.54, 1.807) is 19.2 Å². The largest absolute Gasteiger partial charge is 0.497 e. The van der Waals surface area contributed by atoms with Crippen molar-refractivity contribution in [2.75, 3.05) is 18.7 Å². The molecule has 0 spiro atoms.